The molecule has 0 saturated heterocycles. The SMILES string of the molecule is CC(C)(Cc1ccc(Oc2ccc(C(N)=O)cn2)cc1)NC[C@H](O)COc1cccc2[nH]c(=S)[nH]c12. The van der Waals surface area contributed by atoms with Crippen molar-refractivity contribution < 1.29 is 19.4 Å². The summed E-state index contributed by atoms with van der Waals surface area (Å²) in [4.78, 5) is 21.4. The van der Waals surface area contributed by atoms with Crippen LogP contribution in [-0.2, 0) is 6.42 Å². The quantitative estimate of drug-likeness (QED) is 0.194. The monoisotopic (exact) mass is 507 g/mol. The van der Waals surface area contributed by atoms with E-state index in [1.165, 1.54) is 6.20 Å². The summed E-state index contributed by atoms with van der Waals surface area (Å²) < 4.78 is 12.1. The Morgan fingerprint density at radius 3 is 2.64 bits per heavy atom. The number of imidazole rings is 1. The number of nitrogens with zero attached hydrogens (tertiary/aromatic N) is 1. The van der Waals surface area contributed by atoms with Crippen molar-refractivity contribution in [1.82, 2.24) is 20.3 Å². The maximum atomic E-state index is 11.2. The van der Waals surface area contributed by atoms with Crippen LogP contribution in [0.2, 0.25) is 0 Å². The van der Waals surface area contributed by atoms with Gasteiger partial charge in [0.2, 0.25) is 11.8 Å². The van der Waals surface area contributed by atoms with Crippen molar-refractivity contribution in [2.24, 2.45) is 5.73 Å². The molecule has 0 spiro atoms. The number of pyridine rings is 1. The van der Waals surface area contributed by atoms with Gasteiger partial charge in [-0.05, 0) is 68.4 Å². The van der Waals surface area contributed by atoms with Crippen molar-refractivity contribution in [1.29, 1.82) is 0 Å². The van der Waals surface area contributed by atoms with Gasteiger partial charge in [0.05, 0.1) is 11.1 Å². The highest BCUT2D eigenvalue weighted by Gasteiger charge is 2.20. The van der Waals surface area contributed by atoms with Gasteiger partial charge in [-0.25, -0.2) is 4.98 Å². The number of H-pyrrole nitrogens is 2. The van der Waals surface area contributed by atoms with Crippen molar-refractivity contribution in [3.05, 3.63) is 76.7 Å². The third-order valence-electron chi connectivity index (χ3n) is 5.57. The molecule has 188 valence electrons. The highest BCUT2D eigenvalue weighted by Crippen LogP contribution is 2.23. The molecule has 6 N–H and O–H groups in total. The summed E-state index contributed by atoms with van der Waals surface area (Å²) in [6, 6.07) is 16.5. The second-order valence-electron chi connectivity index (χ2n) is 9.16. The van der Waals surface area contributed by atoms with E-state index in [0.717, 1.165) is 23.0 Å². The molecule has 2 aromatic heterocycles. The first-order valence-electron chi connectivity index (χ1n) is 11.5. The molecular weight excluding hydrogens is 478 g/mol. The number of aliphatic hydroxyl groups excluding tert-OH is 1. The molecule has 0 bridgehead atoms. The number of benzene rings is 2. The zero-order valence-electron chi connectivity index (χ0n) is 20.1. The second kappa shape index (κ2) is 10.9. The number of para-hydroxylation sites is 1. The van der Waals surface area contributed by atoms with E-state index < -0.39 is 12.0 Å². The topological polar surface area (TPSA) is 138 Å². The lowest BCUT2D eigenvalue weighted by Gasteiger charge is -2.28. The number of aromatic nitrogens is 3. The number of nitrogens with two attached hydrogens (primary N) is 1. The van der Waals surface area contributed by atoms with Gasteiger partial charge in [-0.1, -0.05) is 18.2 Å². The third kappa shape index (κ3) is 6.69. The average Bonchev–Trinajstić information content (AvgIpc) is 3.23. The van der Waals surface area contributed by atoms with Crippen LogP contribution in [0.1, 0.15) is 29.8 Å². The molecule has 36 heavy (non-hydrogen) atoms. The summed E-state index contributed by atoms with van der Waals surface area (Å²) >= 11 is 5.14. The van der Waals surface area contributed by atoms with Crippen LogP contribution in [0, 0.1) is 4.77 Å². The lowest BCUT2D eigenvalue weighted by molar-refractivity contribution is 0.0994. The molecule has 1 amide bonds. The predicted molar refractivity (Wildman–Crippen MR) is 140 cm³/mol. The normalized spacial score (nSPS) is 12.4. The first-order chi connectivity index (χ1) is 17.2. The number of ether oxygens (including phenoxy) is 2. The zero-order valence-corrected chi connectivity index (χ0v) is 20.9. The van der Waals surface area contributed by atoms with Gasteiger partial charge in [0.25, 0.3) is 0 Å². The second-order valence-corrected chi connectivity index (χ2v) is 9.57. The van der Waals surface area contributed by atoms with Crippen LogP contribution in [0.5, 0.6) is 17.4 Å². The third-order valence-corrected chi connectivity index (χ3v) is 5.78. The molecule has 2 aromatic carbocycles. The number of rotatable bonds is 11. The highest BCUT2D eigenvalue weighted by molar-refractivity contribution is 7.71. The fraction of sp³-hybridized carbons (Fsp3) is 0.269. The zero-order chi connectivity index (χ0) is 25.7. The number of β-amino-alcohol motifs (C(OH)–C–C–N with tert-alkyl or cyclic N) is 1. The maximum absolute atomic E-state index is 11.2. The summed E-state index contributed by atoms with van der Waals surface area (Å²) in [6.45, 7) is 4.68. The van der Waals surface area contributed by atoms with Crippen LogP contribution in [-0.4, -0.2) is 50.8 Å². The Morgan fingerprint density at radius 2 is 1.94 bits per heavy atom. The Hall–Kier alpha value is -3.73. The molecule has 0 saturated carbocycles. The van der Waals surface area contributed by atoms with Crippen LogP contribution < -0.4 is 20.5 Å². The molecule has 0 aliphatic carbocycles. The van der Waals surface area contributed by atoms with Gasteiger partial charge in [0.1, 0.15) is 29.7 Å². The lowest BCUT2D eigenvalue weighted by Crippen LogP contribution is -2.46. The number of aliphatic hydroxyl groups is 1. The highest BCUT2D eigenvalue weighted by atomic mass is 32.1. The van der Waals surface area contributed by atoms with Crippen molar-refractivity contribution in [2.75, 3.05) is 13.2 Å². The minimum Gasteiger partial charge on any atom is -0.489 e. The number of nitrogens with one attached hydrogen (secondary N) is 3. The van der Waals surface area contributed by atoms with E-state index in [4.69, 9.17) is 27.4 Å². The van der Waals surface area contributed by atoms with Gasteiger partial charge in [-0.3, -0.25) is 4.79 Å². The molecule has 0 fully saturated rings. The number of carbonyl (C=O) groups excluding carboxylic acids is 1. The van der Waals surface area contributed by atoms with Crippen molar-refractivity contribution in [3.63, 3.8) is 0 Å². The molecule has 4 rings (SSSR count). The van der Waals surface area contributed by atoms with Gasteiger partial charge in [-0.15, -0.1) is 0 Å². The molecular formula is C26H29N5O4S. The summed E-state index contributed by atoms with van der Waals surface area (Å²) in [6.07, 6.45) is 1.44. The summed E-state index contributed by atoms with van der Waals surface area (Å²) in [5.74, 6) is 1.11. The van der Waals surface area contributed by atoms with Crippen LogP contribution >= 0.6 is 12.2 Å². The Balaban J connectivity index is 1.26. The number of amides is 1. The summed E-state index contributed by atoms with van der Waals surface area (Å²) in [7, 11) is 0. The van der Waals surface area contributed by atoms with Gasteiger partial charge in [0.15, 0.2) is 4.77 Å². The van der Waals surface area contributed by atoms with Crippen molar-refractivity contribution >= 4 is 29.2 Å². The van der Waals surface area contributed by atoms with E-state index in [2.05, 4.69) is 34.1 Å². The minimum atomic E-state index is -0.689. The van der Waals surface area contributed by atoms with Crippen molar-refractivity contribution in [2.45, 2.75) is 31.9 Å². The number of aromatic amines is 2. The standard InChI is InChI=1S/C26H29N5O4S/c1-26(2,29-14-18(32)15-34-21-5-3-4-20-23(21)31-25(36)30-20)12-16-6-9-19(10-7-16)35-22-11-8-17(13-28-22)24(27)33/h3-11,13,18,29,32H,12,14-15H2,1-2H3,(H2,27,33)(H2,30,31,36)/t18-/m0/s1. The fourth-order valence-corrected chi connectivity index (χ4v) is 3.96. The molecule has 10 heteroatoms. The molecule has 4 aromatic rings. The first kappa shape index (κ1) is 25.4. The van der Waals surface area contributed by atoms with E-state index in [1.54, 1.807) is 12.1 Å². The van der Waals surface area contributed by atoms with Crippen molar-refractivity contribution in [3.8, 4) is 17.4 Å². The largest absolute Gasteiger partial charge is 0.489 e. The van der Waals surface area contributed by atoms with E-state index in [0.29, 0.717) is 34.3 Å². The molecule has 0 aliphatic heterocycles. The number of hydrogen-bond acceptors (Lipinski definition) is 7. The van der Waals surface area contributed by atoms with E-state index in [9.17, 15) is 9.90 Å². The molecule has 0 aliphatic rings. The molecule has 0 unspecified atom stereocenters. The fourth-order valence-electron chi connectivity index (χ4n) is 3.75. The van der Waals surface area contributed by atoms with Crippen LogP contribution in [0.15, 0.2) is 60.8 Å². The van der Waals surface area contributed by atoms with Gasteiger partial charge < -0.3 is 35.6 Å². The van der Waals surface area contributed by atoms with E-state index >= 15 is 0 Å². The number of fused-ring (bicyclic) bond motifs is 1. The molecule has 2 heterocycles. The van der Waals surface area contributed by atoms with E-state index in [1.807, 2.05) is 42.5 Å². The smallest absolute Gasteiger partial charge is 0.250 e. The van der Waals surface area contributed by atoms with Gasteiger partial charge >= 0.3 is 0 Å². The molecule has 0 radical (unpaired) electrons. The maximum Gasteiger partial charge on any atom is 0.250 e. The summed E-state index contributed by atoms with van der Waals surface area (Å²) in [5, 5.41) is 13.9. The number of hydrogen-bond donors (Lipinski definition) is 5. The minimum absolute atomic E-state index is 0.147. The van der Waals surface area contributed by atoms with Gasteiger partial charge in [0, 0.05) is 24.3 Å². The molecule has 1 atom stereocenters. The number of primary amides is 1. The summed E-state index contributed by atoms with van der Waals surface area (Å²) in [5.41, 5.74) is 8.05. The van der Waals surface area contributed by atoms with Crippen LogP contribution in [0.25, 0.3) is 11.0 Å². The molecule has 9 nitrogen and oxygen atoms in total. The van der Waals surface area contributed by atoms with Crippen LogP contribution in [0.3, 0.4) is 0 Å². The Labute approximate surface area is 213 Å². The average molecular weight is 508 g/mol. The number of carbonyl (C=O) groups is 1. The Bertz CT molecular complexity index is 1380. The lowest BCUT2D eigenvalue weighted by atomic mass is 9.94. The van der Waals surface area contributed by atoms with Gasteiger partial charge in [-0.2, -0.15) is 0 Å². The Kier molecular flexibility index (Phi) is 7.68. The predicted octanol–water partition coefficient (Wildman–Crippen LogP) is 3.86. The first-order valence-corrected chi connectivity index (χ1v) is 11.9. The van der Waals surface area contributed by atoms with Crippen LogP contribution in [0.4, 0.5) is 0 Å². The van der Waals surface area contributed by atoms with E-state index in [-0.39, 0.29) is 12.1 Å². The Morgan fingerprint density at radius 1 is 1.17 bits per heavy atom.